The number of carbonyl (C=O) groups excluding carboxylic acids is 2. The van der Waals surface area contributed by atoms with E-state index < -0.39 is 0 Å². The minimum absolute atomic E-state index is 0.0794. The maximum absolute atomic E-state index is 13.0. The predicted octanol–water partition coefficient (Wildman–Crippen LogP) is 2.17. The lowest BCUT2D eigenvalue weighted by Crippen LogP contribution is -2.46. The molecule has 0 unspecified atom stereocenters. The average Bonchev–Trinajstić information content (AvgIpc) is 2.81. The van der Waals surface area contributed by atoms with Crippen LogP contribution in [0.4, 0.5) is 4.39 Å². The molecule has 0 aliphatic carbocycles. The number of rotatable bonds is 5. The summed E-state index contributed by atoms with van der Waals surface area (Å²) >= 11 is 1.57. The topological polar surface area (TPSA) is 77.6 Å². The molecular formula is C22H26FN5O2S. The fourth-order valence-electron chi connectivity index (χ4n) is 3.69. The number of benzene rings is 1. The van der Waals surface area contributed by atoms with Crippen molar-refractivity contribution >= 4 is 23.8 Å². The molecule has 1 aromatic carbocycles. The second-order valence-corrected chi connectivity index (χ2v) is 8.87. The molecule has 164 valence electrons. The minimum atomic E-state index is -0.247. The highest BCUT2D eigenvalue weighted by Gasteiger charge is 2.23. The van der Waals surface area contributed by atoms with E-state index in [-0.39, 0.29) is 23.7 Å². The lowest BCUT2D eigenvalue weighted by molar-refractivity contribution is 0.0702. The first kappa shape index (κ1) is 21.7. The molecule has 2 aromatic rings. The molecule has 2 aliphatic heterocycles. The van der Waals surface area contributed by atoms with Crippen LogP contribution in [0.2, 0.25) is 0 Å². The number of nitrogens with one attached hydrogen (secondary N) is 2. The van der Waals surface area contributed by atoms with Crippen molar-refractivity contribution in [1.29, 1.82) is 0 Å². The van der Waals surface area contributed by atoms with Crippen LogP contribution in [0.25, 0.3) is 0 Å². The van der Waals surface area contributed by atoms with Gasteiger partial charge in [-0.1, -0.05) is 0 Å². The van der Waals surface area contributed by atoms with E-state index in [1.54, 1.807) is 41.1 Å². The van der Waals surface area contributed by atoms with E-state index in [4.69, 9.17) is 0 Å². The molecule has 31 heavy (non-hydrogen) atoms. The minimum Gasteiger partial charge on any atom is -0.348 e. The molecule has 1 aromatic heterocycles. The van der Waals surface area contributed by atoms with Crippen LogP contribution in [0.15, 0.2) is 47.5 Å². The van der Waals surface area contributed by atoms with Crippen molar-refractivity contribution in [3.63, 3.8) is 0 Å². The van der Waals surface area contributed by atoms with E-state index in [9.17, 15) is 14.0 Å². The van der Waals surface area contributed by atoms with E-state index in [1.165, 1.54) is 18.3 Å². The zero-order valence-corrected chi connectivity index (χ0v) is 18.0. The van der Waals surface area contributed by atoms with Crippen LogP contribution in [-0.2, 0) is 0 Å². The first-order valence-corrected chi connectivity index (χ1v) is 11.3. The molecule has 2 N–H and O–H groups in total. The Kier molecular flexibility index (Phi) is 7.16. The number of halogens is 1. The van der Waals surface area contributed by atoms with Crippen LogP contribution in [-0.4, -0.2) is 71.3 Å². The van der Waals surface area contributed by atoms with Gasteiger partial charge in [0.1, 0.15) is 11.5 Å². The highest BCUT2D eigenvalue weighted by atomic mass is 32.2. The van der Waals surface area contributed by atoms with Crippen LogP contribution in [0.3, 0.4) is 0 Å². The number of nitrogens with zero attached hydrogens (tertiary/aromatic N) is 3. The molecule has 4 rings (SSSR count). The summed E-state index contributed by atoms with van der Waals surface area (Å²) in [6.07, 6.45) is 3.31. The van der Waals surface area contributed by atoms with Crippen LogP contribution >= 0.6 is 11.9 Å². The van der Waals surface area contributed by atoms with E-state index in [1.807, 2.05) is 0 Å². The lowest BCUT2D eigenvalue weighted by atomic mass is 10.1. The van der Waals surface area contributed by atoms with Crippen molar-refractivity contribution < 1.29 is 14.0 Å². The number of hydrogen-bond acceptors (Lipinski definition) is 6. The molecular weight excluding hydrogens is 417 g/mol. The number of hydrogen-bond donors (Lipinski definition) is 2. The summed E-state index contributed by atoms with van der Waals surface area (Å²) in [4.78, 5) is 32.2. The number of piperazine rings is 1. The average molecular weight is 444 g/mol. The molecule has 9 heteroatoms. The van der Waals surface area contributed by atoms with Gasteiger partial charge in [-0.15, -0.1) is 0 Å². The SMILES string of the molecule is O=C(NC1CCNCC1)c1ccc(C(=O)N2CCN(Sc3ccc(F)cc3)CC2)cn1. The Labute approximate surface area is 185 Å². The molecule has 0 bridgehead atoms. The molecule has 2 aliphatic rings. The zero-order valence-electron chi connectivity index (χ0n) is 17.2. The van der Waals surface area contributed by atoms with Crippen molar-refractivity contribution in [3.05, 3.63) is 59.7 Å². The molecule has 7 nitrogen and oxygen atoms in total. The van der Waals surface area contributed by atoms with Crippen molar-refractivity contribution in [2.24, 2.45) is 0 Å². The third-order valence-electron chi connectivity index (χ3n) is 5.49. The lowest BCUT2D eigenvalue weighted by Gasteiger charge is -2.33. The number of carbonyl (C=O) groups is 2. The summed E-state index contributed by atoms with van der Waals surface area (Å²) in [5, 5.41) is 6.28. The fourth-order valence-corrected chi connectivity index (χ4v) is 4.59. The summed E-state index contributed by atoms with van der Waals surface area (Å²) in [7, 11) is 0. The van der Waals surface area contributed by atoms with Gasteiger partial charge in [0.2, 0.25) is 0 Å². The number of piperidine rings is 1. The Morgan fingerprint density at radius 1 is 1.03 bits per heavy atom. The van der Waals surface area contributed by atoms with Gasteiger partial charge >= 0.3 is 0 Å². The third kappa shape index (κ3) is 5.81. The summed E-state index contributed by atoms with van der Waals surface area (Å²) in [6.45, 7) is 4.45. The first-order chi connectivity index (χ1) is 15.1. The third-order valence-corrected chi connectivity index (χ3v) is 6.60. The Morgan fingerprint density at radius 2 is 1.74 bits per heavy atom. The number of amides is 2. The zero-order chi connectivity index (χ0) is 21.6. The highest BCUT2D eigenvalue weighted by Crippen LogP contribution is 2.24. The summed E-state index contributed by atoms with van der Waals surface area (Å²) < 4.78 is 15.2. The fraction of sp³-hybridized carbons (Fsp3) is 0.409. The standard InChI is InChI=1S/C22H26FN5O2S/c23-17-2-4-19(5-3-17)31-28-13-11-27(12-14-28)22(30)16-1-6-20(25-15-16)21(29)26-18-7-9-24-10-8-18/h1-6,15,18,24H,7-14H2,(H,26,29). The quantitative estimate of drug-likeness (QED) is 0.690. The number of pyridine rings is 1. The molecule has 2 fully saturated rings. The van der Waals surface area contributed by atoms with Gasteiger partial charge in [-0.2, -0.15) is 0 Å². The van der Waals surface area contributed by atoms with Crippen LogP contribution in [0.5, 0.6) is 0 Å². The summed E-state index contributed by atoms with van der Waals surface area (Å²) in [5.41, 5.74) is 0.814. The Balaban J connectivity index is 1.27. The van der Waals surface area contributed by atoms with Gasteiger partial charge < -0.3 is 15.5 Å². The monoisotopic (exact) mass is 443 g/mol. The van der Waals surface area contributed by atoms with Gasteiger partial charge in [0.05, 0.1) is 5.56 Å². The van der Waals surface area contributed by atoms with E-state index in [0.29, 0.717) is 24.3 Å². The molecule has 0 atom stereocenters. The van der Waals surface area contributed by atoms with E-state index in [2.05, 4.69) is 19.9 Å². The van der Waals surface area contributed by atoms with Crippen molar-refractivity contribution in [2.45, 2.75) is 23.8 Å². The van der Waals surface area contributed by atoms with E-state index >= 15 is 0 Å². The smallest absolute Gasteiger partial charge is 0.270 e. The van der Waals surface area contributed by atoms with Gasteiger partial charge in [0, 0.05) is 43.3 Å². The highest BCUT2D eigenvalue weighted by molar-refractivity contribution is 7.97. The molecule has 3 heterocycles. The van der Waals surface area contributed by atoms with Crippen LogP contribution < -0.4 is 10.6 Å². The maximum Gasteiger partial charge on any atom is 0.270 e. The first-order valence-electron chi connectivity index (χ1n) is 10.5. The Hall–Kier alpha value is -2.49. The maximum atomic E-state index is 13.0. The van der Waals surface area contributed by atoms with Crippen molar-refractivity contribution in [1.82, 2.24) is 24.8 Å². The van der Waals surface area contributed by atoms with Gasteiger partial charge in [-0.25, -0.2) is 8.70 Å². The van der Waals surface area contributed by atoms with Crippen molar-refractivity contribution in [3.8, 4) is 0 Å². The van der Waals surface area contributed by atoms with Gasteiger partial charge in [-0.05, 0) is 74.3 Å². The van der Waals surface area contributed by atoms with Gasteiger partial charge in [0.15, 0.2) is 0 Å². The van der Waals surface area contributed by atoms with Crippen molar-refractivity contribution in [2.75, 3.05) is 39.3 Å². The molecule has 2 saturated heterocycles. The second kappa shape index (κ2) is 10.2. The second-order valence-electron chi connectivity index (χ2n) is 7.70. The molecule has 2 amide bonds. The Bertz CT molecular complexity index is 895. The summed E-state index contributed by atoms with van der Waals surface area (Å²) in [6, 6.07) is 9.87. The molecule has 0 spiro atoms. The predicted molar refractivity (Wildman–Crippen MR) is 117 cm³/mol. The molecule has 0 radical (unpaired) electrons. The van der Waals surface area contributed by atoms with Gasteiger partial charge in [-0.3, -0.25) is 14.6 Å². The number of aromatic nitrogens is 1. The van der Waals surface area contributed by atoms with Gasteiger partial charge in [0.25, 0.3) is 11.8 Å². The molecule has 0 saturated carbocycles. The van der Waals surface area contributed by atoms with E-state index in [0.717, 1.165) is 43.9 Å². The Morgan fingerprint density at radius 3 is 2.39 bits per heavy atom. The normalized spacial score (nSPS) is 18.0. The van der Waals surface area contributed by atoms with Crippen LogP contribution in [0, 0.1) is 5.82 Å². The summed E-state index contributed by atoms with van der Waals surface area (Å²) in [5.74, 6) is -0.523. The largest absolute Gasteiger partial charge is 0.348 e. The van der Waals surface area contributed by atoms with Crippen LogP contribution in [0.1, 0.15) is 33.7 Å².